The lowest BCUT2D eigenvalue weighted by Gasteiger charge is -2.32. The number of piperazine rings is 1. The van der Waals surface area contributed by atoms with Crippen LogP contribution in [0.25, 0.3) is 22.4 Å². The highest BCUT2D eigenvalue weighted by Crippen LogP contribution is 2.22. The molecule has 0 N–H and O–H groups in total. The Balaban J connectivity index is 1.52. The molecule has 1 aliphatic heterocycles. The van der Waals surface area contributed by atoms with Crippen LogP contribution in [-0.4, -0.2) is 64.1 Å². The van der Waals surface area contributed by atoms with Crippen LogP contribution in [0.3, 0.4) is 0 Å². The highest BCUT2D eigenvalue weighted by Gasteiger charge is 2.14. The van der Waals surface area contributed by atoms with Crippen LogP contribution >= 0.6 is 11.6 Å². The molecule has 0 spiro atoms. The van der Waals surface area contributed by atoms with Gasteiger partial charge in [0.1, 0.15) is 5.69 Å². The Bertz CT molecular complexity index is 867. The van der Waals surface area contributed by atoms with Crippen molar-refractivity contribution in [3.8, 4) is 11.5 Å². The lowest BCUT2D eigenvalue weighted by Crippen LogP contribution is -2.45. The van der Waals surface area contributed by atoms with Crippen LogP contribution in [0.4, 0.5) is 0 Å². The lowest BCUT2D eigenvalue weighted by atomic mass is 10.2. The Morgan fingerprint density at radius 1 is 1.04 bits per heavy atom. The zero-order valence-electron chi connectivity index (χ0n) is 14.4. The maximum absolute atomic E-state index is 6.06. The van der Waals surface area contributed by atoms with Crippen molar-refractivity contribution >= 4 is 22.5 Å². The molecule has 1 aliphatic rings. The monoisotopic (exact) mass is 355 g/mol. The molecule has 3 aromatic rings. The van der Waals surface area contributed by atoms with Crippen molar-refractivity contribution in [1.82, 2.24) is 24.3 Å². The Morgan fingerprint density at radius 2 is 1.88 bits per heavy atom. The molecule has 25 heavy (non-hydrogen) atoms. The number of aromatic nitrogens is 3. The molecular formula is C19H22ClN5. The number of imidazole rings is 1. The summed E-state index contributed by atoms with van der Waals surface area (Å²) in [6.07, 6.45) is 3.90. The van der Waals surface area contributed by atoms with Crippen LogP contribution in [0.15, 0.2) is 42.7 Å². The van der Waals surface area contributed by atoms with Crippen LogP contribution in [0.5, 0.6) is 0 Å². The van der Waals surface area contributed by atoms with Crippen LogP contribution in [0.1, 0.15) is 0 Å². The van der Waals surface area contributed by atoms with Crippen molar-refractivity contribution in [3.05, 3.63) is 47.7 Å². The van der Waals surface area contributed by atoms with E-state index in [4.69, 9.17) is 16.6 Å². The molecule has 3 heterocycles. The fourth-order valence-electron chi connectivity index (χ4n) is 3.26. The normalized spacial score (nSPS) is 16.6. The summed E-state index contributed by atoms with van der Waals surface area (Å²) >= 11 is 6.06. The topological polar surface area (TPSA) is 37.2 Å². The molecule has 0 saturated carbocycles. The van der Waals surface area contributed by atoms with Gasteiger partial charge < -0.3 is 9.47 Å². The first-order valence-electron chi connectivity index (χ1n) is 8.68. The molecule has 0 aliphatic carbocycles. The summed E-state index contributed by atoms with van der Waals surface area (Å²) in [4.78, 5) is 14.2. The summed E-state index contributed by atoms with van der Waals surface area (Å²) in [6, 6.07) is 9.85. The van der Waals surface area contributed by atoms with Gasteiger partial charge in [0.25, 0.3) is 0 Å². The van der Waals surface area contributed by atoms with Crippen LogP contribution in [0.2, 0.25) is 5.02 Å². The number of fused-ring (bicyclic) bond motifs is 1. The van der Waals surface area contributed by atoms with E-state index in [9.17, 15) is 0 Å². The van der Waals surface area contributed by atoms with Crippen LogP contribution < -0.4 is 0 Å². The zero-order chi connectivity index (χ0) is 17.2. The SMILES string of the molecule is CN1CCN(CCn2ccnc2-c2ccc3cc(Cl)ccc3n2)CC1. The summed E-state index contributed by atoms with van der Waals surface area (Å²) < 4.78 is 2.20. The molecule has 0 bridgehead atoms. The maximum atomic E-state index is 6.06. The van der Waals surface area contributed by atoms with Crippen molar-refractivity contribution in [2.24, 2.45) is 0 Å². The van der Waals surface area contributed by atoms with E-state index in [1.54, 1.807) is 0 Å². The van der Waals surface area contributed by atoms with Gasteiger partial charge in [-0.3, -0.25) is 4.90 Å². The molecular weight excluding hydrogens is 334 g/mol. The van der Waals surface area contributed by atoms with Gasteiger partial charge in [-0.25, -0.2) is 9.97 Å². The number of hydrogen-bond acceptors (Lipinski definition) is 4. The first kappa shape index (κ1) is 16.5. The number of pyridine rings is 1. The third-order valence-corrected chi connectivity index (χ3v) is 5.08. The van der Waals surface area contributed by atoms with Gasteiger partial charge in [0.05, 0.1) is 5.52 Å². The van der Waals surface area contributed by atoms with Gasteiger partial charge in [-0.15, -0.1) is 0 Å². The Hall–Kier alpha value is -1.95. The molecule has 2 aromatic heterocycles. The molecule has 6 heteroatoms. The number of halogens is 1. The van der Waals surface area contributed by atoms with Gasteiger partial charge in [0, 0.05) is 62.1 Å². The van der Waals surface area contributed by atoms with E-state index in [0.717, 1.165) is 66.7 Å². The first-order chi connectivity index (χ1) is 12.2. The van der Waals surface area contributed by atoms with E-state index in [1.807, 2.05) is 36.7 Å². The molecule has 130 valence electrons. The summed E-state index contributed by atoms with van der Waals surface area (Å²) in [6.45, 7) is 6.53. The molecule has 1 saturated heterocycles. The summed E-state index contributed by atoms with van der Waals surface area (Å²) in [7, 11) is 2.18. The van der Waals surface area contributed by atoms with Gasteiger partial charge in [-0.05, 0) is 31.3 Å². The second-order valence-electron chi connectivity index (χ2n) is 6.62. The van der Waals surface area contributed by atoms with Crippen LogP contribution in [-0.2, 0) is 6.54 Å². The second-order valence-corrected chi connectivity index (χ2v) is 7.06. The van der Waals surface area contributed by atoms with E-state index in [1.165, 1.54) is 0 Å². The van der Waals surface area contributed by atoms with Crippen LogP contribution in [0, 0.1) is 0 Å². The summed E-state index contributed by atoms with van der Waals surface area (Å²) in [5, 5.41) is 1.78. The van der Waals surface area contributed by atoms with Gasteiger partial charge in [-0.1, -0.05) is 17.7 Å². The highest BCUT2D eigenvalue weighted by atomic mass is 35.5. The number of rotatable bonds is 4. The largest absolute Gasteiger partial charge is 0.328 e. The first-order valence-corrected chi connectivity index (χ1v) is 9.05. The smallest absolute Gasteiger partial charge is 0.158 e. The van der Waals surface area contributed by atoms with E-state index in [0.29, 0.717) is 0 Å². The molecule has 0 unspecified atom stereocenters. The highest BCUT2D eigenvalue weighted by molar-refractivity contribution is 6.31. The van der Waals surface area contributed by atoms with E-state index >= 15 is 0 Å². The summed E-state index contributed by atoms with van der Waals surface area (Å²) in [5.41, 5.74) is 1.84. The maximum Gasteiger partial charge on any atom is 0.158 e. The third-order valence-electron chi connectivity index (χ3n) is 4.85. The van der Waals surface area contributed by atoms with Crippen molar-refractivity contribution in [3.63, 3.8) is 0 Å². The minimum absolute atomic E-state index is 0.732. The Kier molecular flexibility index (Phi) is 4.70. The predicted molar refractivity (Wildman–Crippen MR) is 102 cm³/mol. The van der Waals surface area contributed by atoms with Crippen molar-refractivity contribution in [2.45, 2.75) is 6.54 Å². The minimum Gasteiger partial charge on any atom is -0.328 e. The Morgan fingerprint density at radius 3 is 2.72 bits per heavy atom. The molecule has 0 atom stereocenters. The molecule has 1 aromatic carbocycles. The standard InChI is InChI=1S/C19H22ClN5/c1-23-8-10-24(11-9-23)12-13-25-7-6-21-19(25)18-4-2-15-14-16(20)3-5-17(15)22-18/h2-7,14H,8-13H2,1H3. The fourth-order valence-corrected chi connectivity index (χ4v) is 3.45. The quantitative estimate of drug-likeness (QED) is 0.721. The van der Waals surface area contributed by atoms with E-state index in [-0.39, 0.29) is 0 Å². The van der Waals surface area contributed by atoms with E-state index in [2.05, 4.69) is 32.5 Å². The number of nitrogens with zero attached hydrogens (tertiary/aromatic N) is 5. The molecule has 5 nitrogen and oxygen atoms in total. The van der Waals surface area contributed by atoms with Crippen molar-refractivity contribution < 1.29 is 0 Å². The zero-order valence-corrected chi connectivity index (χ0v) is 15.2. The van der Waals surface area contributed by atoms with Gasteiger partial charge in [0.2, 0.25) is 0 Å². The fraction of sp³-hybridized carbons (Fsp3) is 0.368. The Labute approximate surface area is 152 Å². The molecule has 0 radical (unpaired) electrons. The number of likely N-dealkylation sites (N-methyl/N-ethyl adjacent to an activating group) is 1. The van der Waals surface area contributed by atoms with Gasteiger partial charge in [-0.2, -0.15) is 0 Å². The number of benzene rings is 1. The second kappa shape index (κ2) is 7.12. The predicted octanol–water partition coefficient (Wildman–Crippen LogP) is 3.00. The average Bonchev–Trinajstić information content (AvgIpc) is 3.09. The van der Waals surface area contributed by atoms with Gasteiger partial charge >= 0.3 is 0 Å². The van der Waals surface area contributed by atoms with Crippen molar-refractivity contribution in [1.29, 1.82) is 0 Å². The van der Waals surface area contributed by atoms with E-state index < -0.39 is 0 Å². The molecule has 4 rings (SSSR count). The summed E-state index contributed by atoms with van der Waals surface area (Å²) in [5.74, 6) is 0.922. The lowest BCUT2D eigenvalue weighted by molar-refractivity contribution is 0.150. The van der Waals surface area contributed by atoms with Gasteiger partial charge in [0.15, 0.2) is 5.82 Å². The third kappa shape index (κ3) is 3.68. The van der Waals surface area contributed by atoms with Crippen molar-refractivity contribution in [2.75, 3.05) is 39.8 Å². The minimum atomic E-state index is 0.732. The molecule has 1 fully saturated rings. The number of hydrogen-bond donors (Lipinski definition) is 0. The average molecular weight is 356 g/mol. The molecule has 0 amide bonds.